The van der Waals surface area contributed by atoms with Gasteiger partial charge in [0.2, 0.25) is 0 Å². The van der Waals surface area contributed by atoms with Crippen molar-refractivity contribution in [3.05, 3.63) is 53.9 Å². The Labute approximate surface area is 174 Å². The first-order valence-electron chi connectivity index (χ1n) is 9.56. The number of nitrogens with zero attached hydrogens (tertiary/aromatic N) is 1. The van der Waals surface area contributed by atoms with Gasteiger partial charge in [-0.3, -0.25) is 9.59 Å². The molecule has 8 nitrogen and oxygen atoms in total. The Bertz CT molecular complexity index is 981. The molecule has 0 aliphatic heterocycles. The van der Waals surface area contributed by atoms with Gasteiger partial charge in [-0.15, -0.1) is 0 Å². The number of fused-ring (bicyclic) bond motifs is 1. The predicted octanol–water partition coefficient (Wildman–Crippen LogP) is 2.68. The molecule has 30 heavy (non-hydrogen) atoms. The lowest BCUT2D eigenvalue weighted by Gasteiger charge is -2.10. The molecule has 0 atom stereocenters. The van der Waals surface area contributed by atoms with Gasteiger partial charge in [0.05, 0.1) is 20.6 Å². The van der Waals surface area contributed by atoms with Crippen LogP contribution in [0, 0.1) is 0 Å². The summed E-state index contributed by atoms with van der Waals surface area (Å²) in [7, 11) is 3.15. The number of ether oxygens (including phenoxy) is 3. The highest BCUT2D eigenvalue weighted by Crippen LogP contribution is 2.27. The molecule has 8 heteroatoms. The minimum Gasteiger partial charge on any atom is -0.493 e. The van der Waals surface area contributed by atoms with Crippen molar-refractivity contribution in [1.29, 1.82) is 0 Å². The summed E-state index contributed by atoms with van der Waals surface area (Å²) in [6.45, 7) is 0.0904. The van der Waals surface area contributed by atoms with Crippen LogP contribution in [0.5, 0.6) is 11.5 Å². The maximum atomic E-state index is 11.9. The molecule has 1 N–H and O–H groups in total. The van der Waals surface area contributed by atoms with Crippen LogP contribution in [0.3, 0.4) is 0 Å². The monoisotopic (exact) mass is 412 g/mol. The summed E-state index contributed by atoms with van der Waals surface area (Å²) in [5.74, 6) is 0.912. The van der Waals surface area contributed by atoms with Gasteiger partial charge in [0.25, 0.3) is 5.91 Å². The predicted molar refractivity (Wildman–Crippen MR) is 110 cm³/mol. The van der Waals surface area contributed by atoms with E-state index >= 15 is 0 Å². The third kappa shape index (κ3) is 5.73. The van der Waals surface area contributed by atoms with Crippen LogP contribution in [0.1, 0.15) is 17.9 Å². The lowest BCUT2D eigenvalue weighted by Crippen LogP contribution is -2.30. The van der Waals surface area contributed by atoms with E-state index in [0.29, 0.717) is 42.4 Å². The van der Waals surface area contributed by atoms with E-state index in [1.165, 1.54) is 0 Å². The van der Waals surface area contributed by atoms with Crippen LogP contribution in [0.2, 0.25) is 0 Å². The third-order valence-corrected chi connectivity index (χ3v) is 4.43. The van der Waals surface area contributed by atoms with E-state index in [0.717, 1.165) is 11.1 Å². The molecular weight excluding hydrogens is 388 g/mol. The molecule has 0 spiro atoms. The number of aryl methyl sites for hydroxylation is 1. The first-order chi connectivity index (χ1) is 14.6. The van der Waals surface area contributed by atoms with Gasteiger partial charge < -0.3 is 23.9 Å². The van der Waals surface area contributed by atoms with E-state index in [9.17, 15) is 9.59 Å². The van der Waals surface area contributed by atoms with Crippen molar-refractivity contribution in [3.8, 4) is 11.5 Å². The molecule has 2 aromatic carbocycles. The number of amides is 1. The molecule has 3 rings (SSSR count). The molecule has 0 aliphatic rings. The average Bonchev–Trinajstić information content (AvgIpc) is 3.19. The largest absolute Gasteiger partial charge is 0.493 e. The van der Waals surface area contributed by atoms with E-state index < -0.39 is 5.97 Å². The zero-order chi connectivity index (χ0) is 21.3. The standard InChI is InChI=1S/C22H24N2O6/c1-27-18-8-7-15(13-19(18)28-2)11-12-23-20(25)14-29-22(26)10-9-21-24-16-5-3-4-6-17(16)30-21/h3-8,13H,9-12,14H2,1-2H3,(H,23,25). The molecule has 1 aromatic heterocycles. The number of esters is 1. The van der Waals surface area contributed by atoms with E-state index in [1.54, 1.807) is 14.2 Å². The van der Waals surface area contributed by atoms with Crippen molar-refractivity contribution >= 4 is 23.0 Å². The van der Waals surface area contributed by atoms with Crippen LogP contribution >= 0.6 is 0 Å². The maximum absolute atomic E-state index is 11.9. The van der Waals surface area contributed by atoms with Gasteiger partial charge in [-0.05, 0) is 36.2 Å². The number of nitrogens with one attached hydrogen (secondary N) is 1. The fourth-order valence-corrected chi connectivity index (χ4v) is 2.89. The van der Waals surface area contributed by atoms with Crippen molar-refractivity contribution in [2.75, 3.05) is 27.4 Å². The molecule has 0 saturated carbocycles. The number of benzene rings is 2. The molecular formula is C22H24N2O6. The van der Waals surface area contributed by atoms with Gasteiger partial charge in [0, 0.05) is 13.0 Å². The van der Waals surface area contributed by atoms with Gasteiger partial charge in [0.1, 0.15) is 5.52 Å². The van der Waals surface area contributed by atoms with Crippen molar-refractivity contribution in [3.63, 3.8) is 0 Å². The summed E-state index contributed by atoms with van der Waals surface area (Å²) >= 11 is 0. The molecule has 0 bridgehead atoms. The second-order valence-corrected chi connectivity index (χ2v) is 6.53. The molecule has 0 fully saturated rings. The summed E-state index contributed by atoms with van der Waals surface area (Å²) in [5.41, 5.74) is 2.41. The zero-order valence-corrected chi connectivity index (χ0v) is 17.0. The Morgan fingerprint density at radius 3 is 2.60 bits per heavy atom. The quantitative estimate of drug-likeness (QED) is 0.511. The van der Waals surface area contributed by atoms with Gasteiger partial charge in [-0.2, -0.15) is 0 Å². The molecule has 0 aliphatic carbocycles. The van der Waals surface area contributed by atoms with Gasteiger partial charge in [0.15, 0.2) is 29.6 Å². The Morgan fingerprint density at radius 2 is 1.83 bits per heavy atom. The summed E-state index contributed by atoms with van der Waals surface area (Å²) in [6, 6.07) is 13.0. The van der Waals surface area contributed by atoms with E-state index in [4.69, 9.17) is 18.6 Å². The van der Waals surface area contributed by atoms with Crippen molar-refractivity contribution < 1.29 is 28.2 Å². The summed E-state index contributed by atoms with van der Waals surface area (Å²) in [4.78, 5) is 28.1. The van der Waals surface area contributed by atoms with Crippen LogP contribution < -0.4 is 14.8 Å². The van der Waals surface area contributed by atoms with Crippen LogP contribution in [-0.4, -0.2) is 44.2 Å². The Balaban J connectivity index is 1.35. The second-order valence-electron chi connectivity index (χ2n) is 6.53. The van der Waals surface area contributed by atoms with Crippen LogP contribution in [-0.2, 0) is 27.2 Å². The number of carbonyl (C=O) groups is 2. The molecule has 0 saturated heterocycles. The van der Waals surface area contributed by atoms with Gasteiger partial charge in [-0.1, -0.05) is 18.2 Å². The molecule has 1 heterocycles. The Hall–Kier alpha value is -3.55. The molecule has 0 radical (unpaired) electrons. The number of hydrogen-bond acceptors (Lipinski definition) is 7. The smallest absolute Gasteiger partial charge is 0.306 e. The SMILES string of the molecule is COc1ccc(CCNC(=O)COC(=O)CCc2nc3ccccc3o2)cc1OC. The number of hydrogen-bond donors (Lipinski definition) is 1. The van der Waals surface area contributed by atoms with Crippen LogP contribution in [0.25, 0.3) is 11.1 Å². The Kier molecular flexibility index (Phi) is 7.26. The van der Waals surface area contributed by atoms with Gasteiger partial charge in [-0.25, -0.2) is 4.98 Å². The zero-order valence-electron chi connectivity index (χ0n) is 17.0. The summed E-state index contributed by atoms with van der Waals surface area (Å²) in [6.07, 6.45) is 1.01. The summed E-state index contributed by atoms with van der Waals surface area (Å²) < 4.78 is 21.0. The maximum Gasteiger partial charge on any atom is 0.306 e. The number of oxazole rings is 1. The molecule has 158 valence electrons. The lowest BCUT2D eigenvalue weighted by atomic mass is 10.1. The lowest BCUT2D eigenvalue weighted by molar-refractivity contribution is -0.148. The van der Waals surface area contributed by atoms with Crippen molar-refractivity contribution in [2.45, 2.75) is 19.3 Å². The molecule has 0 unspecified atom stereocenters. The number of aromatic nitrogens is 1. The number of rotatable bonds is 10. The van der Waals surface area contributed by atoms with E-state index in [2.05, 4.69) is 10.3 Å². The van der Waals surface area contributed by atoms with Gasteiger partial charge >= 0.3 is 5.97 Å². The average molecular weight is 412 g/mol. The minimum absolute atomic E-state index is 0.0890. The topological polar surface area (TPSA) is 99.9 Å². The van der Waals surface area contributed by atoms with Crippen LogP contribution in [0.15, 0.2) is 46.9 Å². The molecule has 1 amide bonds. The normalized spacial score (nSPS) is 10.6. The highest BCUT2D eigenvalue weighted by atomic mass is 16.5. The van der Waals surface area contributed by atoms with Crippen LogP contribution in [0.4, 0.5) is 0 Å². The van der Waals surface area contributed by atoms with E-state index in [1.807, 2.05) is 42.5 Å². The first kappa shape index (κ1) is 21.2. The highest BCUT2D eigenvalue weighted by Gasteiger charge is 2.11. The fraction of sp³-hybridized carbons (Fsp3) is 0.318. The first-order valence-corrected chi connectivity index (χ1v) is 9.56. The summed E-state index contributed by atoms with van der Waals surface area (Å²) in [5, 5.41) is 2.73. The number of para-hydroxylation sites is 2. The van der Waals surface area contributed by atoms with E-state index in [-0.39, 0.29) is 18.9 Å². The molecule has 3 aromatic rings. The third-order valence-electron chi connectivity index (χ3n) is 4.43. The van der Waals surface area contributed by atoms with Crippen molar-refractivity contribution in [1.82, 2.24) is 10.3 Å². The second kappa shape index (κ2) is 10.3. The Morgan fingerprint density at radius 1 is 1.03 bits per heavy atom. The number of carbonyl (C=O) groups excluding carboxylic acids is 2. The number of methoxy groups -OCH3 is 2. The highest BCUT2D eigenvalue weighted by molar-refractivity contribution is 5.80. The minimum atomic E-state index is -0.479. The van der Waals surface area contributed by atoms with Crippen molar-refractivity contribution in [2.24, 2.45) is 0 Å². The fourth-order valence-electron chi connectivity index (χ4n) is 2.89.